The first-order valence-corrected chi connectivity index (χ1v) is 7.20. The van der Waals surface area contributed by atoms with Crippen molar-refractivity contribution in [2.24, 2.45) is 5.73 Å². The summed E-state index contributed by atoms with van der Waals surface area (Å²) >= 11 is 0. The molecule has 3 N–H and O–H groups in total. The van der Waals surface area contributed by atoms with Gasteiger partial charge < -0.3 is 15.8 Å². The van der Waals surface area contributed by atoms with E-state index in [0.29, 0.717) is 6.42 Å². The SMILES string of the molecule is CCC(=O)NC1CC(C)(C)Oc2ccc(C(C)N)cc21. The van der Waals surface area contributed by atoms with Gasteiger partial charge in [-0.15, -0.1) is 0 Å². The molecule has 2 unspecified atom stereocenters. The number of nitrogens with two attached hydrogens (primary N) is 1. The number of benzene rings is 1. The molecular weight excluding hydrogens is 252 g/mol. The second-order valence-corrected chi connectivity index (χ2v) is 6.13. The van der Waals surface area contributed by atoms with Crippen molar-refractivity contribution in [2.75, 3.05) is 0 Å². The Hall–Kier alpha value is -1.55. The maximum Gasteiger partial charge on any atom is 0.220 e. The van der Waals surface area contributed by atoms with Crippen molar-refractivity contribution >= 4 is 5.91 Å². The Morgan fingerprint density at radius 2 is 2.25 bits per heavy atom. The van der Waals surface area contributed by atoms with E-state index in [1.165, 1.54) is 0 Å². The van der Waals surface area contributed by atoms with Gasteiger partial charge in [-0.05, 0) is 38.5 Å². The van der Waals surface area contributed by atoms with Crippen LogP contribution in [0.5, 0.6) is 5.75 Å². The summed E-state index contributed by atoms with van der Waals surface area (Å²) < 4.78 is 6.01. The van der Waals surface area contributed by atoms with Gasteiger partial charge in [-0.1, -0.05) is 13.0 Å². The number of hydrogen-bond donors (Lipinski definition) is 2. The fraction of sp³-hybridized carbons (Fsp3) is 0.562. The Labute approximate surface area is 120 Å². The molecule has 0 spiro atoms. The Morgan fingerprint density at radius 3 is 2.85 bits per heavy atom. The van der Waals surface area contributed by atoms with Crippen LogP contribution in [0.25, 0.3) is 0 Å². The van der Waals surface area contributed by atoms with E-state index in [1.807, 2.05) is 39.8 Å². The minimum Gasteiger partial charge on any atom is -0.487 e. The average molecular weight is 276 g/mol. The van der Waals surface area contributed by atoms with Gasteiger partial charge in [0.15, 0.2) is 0 Å². The van der Waals surface area contributed by atoms with Crippen LogP contribution in [-0.4, -0.2) is 11.5 Å². The van der Waals surface area contributed by atoms with Gasteiger partial charge in [-0.3, -0.25) is 4.79 Å². The Kier molecular flexibility index (Phi) is 4.04. The lowest BCUT2D eigenvalue weighted by atomic mass is 9.88. The standard InChI is InChI=1S/C16H24N2O2/c1-5-15(19)18-13-9-16(3,4)20-14-7-6-11(10(2)17)8-12(13)14/h6-8,10,13H,5,9,17H2,1-4H3,(H,18,19). The molecule has 1 aromatic carbocycles. The molecule has 0 bridgehead atoms. The number of rotatable bonds is 3. The number of hydrogen-bond acceptors (Lipinski definition) is 3. The number of fused-ring (bicyclic) bond motifs is 1. The normalized spacial score (nSPS) is 21.6. The van der Waals surface area contributed by atoms with Gasteiger partial charge in [-0.25, -0.2) is 0 Å². The van der Waals surface area contributed by atoms with Crippen LogP contribution in [0.3, 0.4) is 0 Å². The largest absolute Gasteiger partial charge is 0.487 e. The van der Waals surface area contributed by atoms with Crippen molar-refractivity contribution in [3.8, 4) is 5.75 Å². The molecule has 0 saturated heterocycles. The van der Waals surface area contributed by atoms with Gasteiger partial charge in [0.2, 0.25) is 5.91 Å². The third kappa shape index (κ3) is 3.12. The van der Waals surface area contributed by atoms with Gasteiger partial charge in [0.05, 0.1) is 6.04 Å². The highest BCUT2D eigenvalue weighted by Crippen LogP contribution is 2.40. The maximum atomic E-state index is 11.7. The fourth-order valence-corrected chi connectivity index (χ4v) is 2.58. The third-order valence-electron chi connectivity index (χ3n) is 3.67. The quantitative estimate of drug-likeness (QED) is 0.892. The lowest BCUT2D eigenvalue weighted by molar-refractivity contribution is -0.122. The summed E-state index contributed by atoms with van der Waals surface area (Å²) in [4.78, 5) is 11.7. The van der Waals surface area contributed by atoms with Crippen LogP contribution >= 0.6 is 0 Å². The summed E-state index contributed by atoms with van der Waals surface area (Å²) in [6.45, 7) is 7.90. The fourth-order valence-electron chi connectivity index (χ4n) is 2.58. The summed E-state index contributed by atoms with van der Waals surface area (Å²) in [6.07, 6.45) is 1.24. The van der Waals surface area contributed by atoms with Crippen LogP contribution in [0.1, 0.15) is 63.7 Å². The Balaban J connectivity index is 2.38. The molecule has 2 rings (SSSR count). The van der Waals surface area contributed by atoms with E-state index in [0.717, 1.165) is 23.3 Å². The molecule has 4 heteroatoms. The topological polar surface area (TPSA) is 64.3 Å². The van der Waals surface area contributed by atoms with Crippen LogP contribution in [0.2, 0.25) is 0 Å². The van der Waals surface area contributed by atoms with E-state index in [1.54, 1.807) is 0 Å². The average Bonchev–Trinajstić information content (AvgIpc) is 2.36. The van der Waals surface area contributed by atoms with Crippen molar-refractivity contribution in [2.45, 2.75) is 58.2 Å². The molecule has 2 atom stereocenters. The molecule has 0 aromatic heterocycles. The summed E-state index contributed by atoms with van der Waals surface area (Å²) in [5.74, 6) is 0.900. The summed E-state index contributed by atoms with van der Waals surface area (Å²) in [7, 11) is 0. The van der Waals surface area contributed by atoms with Crippen LogP contribution in [-0.2, 0) is 4.79 Å². The number of ether oxygens (including phenoxy) is 1. The molecule has 0 saturated carbocycles. The van der Waals surface area contributed by atoms with Gasteiger partial charge in [0.1, 0.15) is 11.4 Å². The van der Waals surface area contributed by atoms with E-state index in [-0.39, 0.29) is 23.6 Å². The number of amides is 1. The summed E-state index contributed by atoms with van der Waals surface area (Å²) in [6, 6.07) is 5.96. The van der Waals surface area contributed by atoms with Crippen molar-refractivity contribution in [3.63, 3.8) is 0 Å². The molecule has 1 heterocycles. The predicted molar refractivity (Wildman–Crippen MR) is 79.5 cm³/mol. The first-order chi connectivity index (χ1) is 9.32. The van der Waals surface area contributed by atoms with Crippen molar-refractivity contribution in [3.05, 3.63) is 29.3 Å². The van der Waals surface area contributed by atoms with E-state index >= 15 is 0 Å². The van der Waals surface area contributed by atoms with Gasteiger partial charge in [-0.2, -0.15) is 0 Å². The molecule has 20 heavy (non-hydrogen) atoms. The van der Waals surface area contributed by atoms with E-state index < -0.39 is 0 Å². The molecule has 4 nitrogen and oxygen atoms in total. The summed E-state index contributed by atoms with van der Waals surface area (Å²) in [5.41, 5.74) is 7.75. The van der Waals surface area contributed by atoms with Gasteiger partial charge in [0.25, 0.3) is 0 Å². The van der Waals surface area contributed by atoms with Crippen LogP contribution < -0.4 is 15.8 Å². The minimum absolute atomic E-state index is 0.0140. The maximum absolute atomic E-state index is 11.7. The monoisotopic (exact) mass is 276 g/mol. The molecule has 1 amide bonds. The van der Waals surface area contributed by atoms with Crippen molar-refractivity contribution in [1.29, 1.82) is 0 Å². The lowest BCUT2D eigenvalue weighted by Gasteiger charge is -2.38. The van der Waals surface area contributed by atoms with Crippen LogP contribution in [0.4, 0.5) is 0 Å². The van der Waals surface area contributed by atoms with Gasteiger partial charge >= 0.3 is 0 Å². The van der Waals surface area contributed by atoms with E-state index in [9.17, 15) is 4.79 Å². The van der Waals surface area contributed by atoms with Crippen molar-refractivity contribution in [1.82, 2.24) is 5.32 Å². The molecule has 110 valence electrons. The van der Waals surface area contributed by atoms with Gasteiger partial charge in [0, 0.05) is 24.4 Å². The predicted octanol–water partition coefficient (Wildman–Crippen LogP) is 2.83. The Bertz CT molecular complexity index is 509. The molecular formula is C16H24N2O2. The molecule has 1 aromatic rings. The van der Waals surface area contributed by atoms with E-state index in [2.05, 4.69) is 11.4 Å². The zero-order valence-electron chi connectivity index (χ0n) is 12.7. The number of carbonyl (C=O) groups excluding carboxylic acids is 1. The molecule has 1 aliphatic heterocycles. The number of carbonyl (C=O) groups is 1. The first kappa shape index (κ1) is 14.9. The molecule has 0 aliphatic carbocycles. The first-order valence-electron chi connectivity index (χ1n) is 7.20. The molecule has 1 aliphatic rings. The second-order valence-electron chi connectivity index (χ2n) is 6.13. The zero-order valence-corrected chi connectivity index (χ0v) is 12.7. The smallest absolute Gasteiger partial charge is 0.220 e. The number of nitrogens with one attached hydrogen (secondary N) is 1. The van der Waals surface area contributed by atoms with E-state index in [4.69, 9.17) is 10.5 Å². The molecule has 0 radical (unpaired) electrons. The third-order valence-corrected chi connectivity index (χ3v) is 3.67. The van der Waals surface area contributed by atoms with Crippen molar-refractivity contribution < 1.29 is 9.53 Å². The zero-order chi connectivity index (χ0) is 14.9. The second kappa shape index (κ2) is 5.44. The Morgan fingerprint density at radius 1 is 1.55 bits per heavy atom. The highest BCUT2D eigenvalue weighted by atomic mass is 16.5. The van der Waals surface area contributed by atoms with Crippen LogP contribution in [0, 0.1) is 0 Å². The molecule has 0 fully saturated rings. The lowest BCUT2D eigenvalue weighted by Crippen LogP contribution is -2.41. The summed E-state index contributed by atoms with van der Waals surface area (Å²) in [5, 5.41) is 3.09. The van der Waals surface area contributed by atoms with Crippen LogP contribution in [0.15, 0.2) is 18.2 Å². The highest BCUT2D eigenvalue weighted by Gasteiger charge is 2.34. The highest BCUT2D eigenvalue weighted by molar-refractivity contribution is 5.76. The minimum atomic E-state index is -0.283.